The lowest BCUT2D eigenvalue weighted by Gasteiger charge is -2.37. The van der Waals surface area contributed by atoms with E-state index in [1.807, 2.05) is 4.90 Å². The molecule has 2 aliphatic heterocycles. The number of nitrogens with zero attached hydrogens (tertiary/aromatic N) is 2. The quantitative estimate of drug-likeness (QED) is 0.774. The van der Waals surface area contributed by atoms with Crippen molar-refractivity contribution in [2.75, 3.05) is 26.2 Å². The van der Waals surface area contributed by atoms with E-state index in [1.165, 1.54) is 4.31 Å². The van der Waals surface area contributed by atoms with Crippen molar-refractivity contribution in [3.05, 3.63) is 30.3 Å². The van der Waals surface area contributed by atoms with Crippen LogP contribution in [0.5, 0.6) is 0 Å². The van der Waals surface area contributed by atoms with Gasteiger partial charge < -0.3 is 4.90 Å². The van der Waals surface area contributed by atoms with Crippen molar-refractivity contribution in [1.82, 2.24) is 9.21 Å². The lowest BCUT2D eigenvalue weighted by atomic mass is 9.94. The van der Waals surface area contributed by atoms with Crippen LogP contribution in [0.15, 0.2) is 35.2 Å². The predicted octanol–water partition coefficient (Wildman–Crippen LogP) is 1.96. The number of benzene rings is 1. The van der Waals surface area contributed by atoms with Gasteiger partial charge in [0.1, 0.15) is 0 Å². The van der Waals surface area contributed by atoms with Crippen LogP contribution in [-0.4, -0.2) is 49.7 Å². The number of terminal acetylenes is 1. The Morgan fingerprint density at radius 1 is 1.08 bits per heavy atom. The van der Waals surface area contributed by atoms with Gasteiger partial charge in [0.25, 0.3) is 0 Å². The highest BCUT2D eigenvalue weighted by molar-refractivity contribution is 7.89. The summed E-state index contributed by atoms with van der Waals surface area (Å²) in [5, 5.41) is 0. The smallest absolute Gasteiger partial charge is 0.243 e. The van der Waals surface area contributed by atoms with Crippen LogP contribution >= 0.6 is 0 Å². The van der Waals surface area contributed by atoms with Gasteiger partial charge in [-0.15, -0.1) is 12.3 Å². The number of carbonyl (C=O) groups excluding carboxylic acids is 1. The van der Waals surface area contributed by atoms with Gasteiger partial charge in [0.15, 0.2) is 0 Å². The molecule has 0 radical (unpaired) electrons. The summed E-state index contributed by atoms with van der Waals surface area (Å²) in [7, 11) is -3.54. The Labute approximate surface area is 150 Å². The van der Waals surface area contributed by atoms with Crippen LogP contribution in [0.1, 0.15) is 25.7 Å². The molecule has 3 rings (SSSR count). The summed E-state index contributed by atoms with van der Waals surface area (Å²) in [5.74, 6) is 2.64. The summed E-state index contributed by atoms with van der Waals surface area (Å²) < 4.78 is 27.1. The molecule has 1 aromatic carbocycles. The van der Waals surface area contributed by atoms with Crippen molar-refractivity contribution in [2.24, 2.45) is 11.8 Å². The highest BCUT2D eigenvalue weighted by atomic mass is 32.2. The first-order chi connectivity index (χ1) is 12.0. The van der Waals surface area contributed by atoms with Crippen molar-refractivity contribution >= 4 is 15.9 Å². The molecule has 0 aromatic heterocycles. The van der Waals surface area contributed by atoms with Crippen LogP contribution in [0.4, 0.5) is 0 Å². The molecular weight excluding hydrogens is 336 g/mol. The number of piperidine rings is 2. The van der Waals surface area contributed by atoms with E-state index in [2.05, 4.69) is 5.92 Å². The van der Waals surface area contributed by atoms with Crippen LogP contribution in [0.3, 0.4) is 0 Å². The lowest BCUT2D eigenvalue weighted by molar-refractivity contribution is -0.138. The van der Waals surface area contributed by atoms with E-state index < -0.39 is 10.0 Å². The molecule has 1 aromatic rings. The van der Waals surface area contributed by atoms with E-state index in [4.69, 9.17) is 6.42 Å². The molecule has 0 bridgehead atoms. The fraction of sp³-hybridized carbons (Fsp3) is 0.526. The number of rotatable bonds is 3. The molecule has 134 valence electrons. The van der Waals surface area contributed by atoms with Gasteiger partial charge in [0.05, 0.1) is 10.8 Å². The molecule has 0 N–H and O–H groups in total. The second-order valence-electron chi connectivity index (χ2n) is 6.81. The van der Waals surface area contributed by atoms with Crippen molar-refractivity contribution < 1.29 is 13.2 Å². The number of hydrogen-bond acceptors (Lipinski definition) is 3. The maximum Gasteiger partial charge on any atom is 0.243 e. The van der Waals surface area contributed by atoms with E-state index in [-0.39, 0.29) is 29.2 Å². The summed E-state index contributed by atoms with van der Waals surface area (Å²) in [6.45, 7) is 2.04. The van der Waals surface area contributed by atoms with Crippen molar-refractivity contribution in [3.8, 4) is 12.3 Å². The van der Waals surface area contributed by atoms with Crippen molar-refractivity contribution in [3.63, 3.8) is 0 Å². The molecule has 2 aliphatic rings. The maximum atomic E-state index is 12.9. The van der Waals surface area contributed by atoms with Gasteiger partial charge in [-0.1, -0.05) is 18.2 Å². The molecule has 0 aliphatic carbocycles. The summed E-state index contributed by atoms with van der Waals surface area (Å²) in [6, 6.07) is 8.42. The van der Waals surface area contributed by atoms with Gasteiger partial charge in [-0.05, 0) is 37.8 Å². The Hall–Kier alpha value is -1.84. The molecule has 6 heteroatoms. The van der Waals surface area contributed by atoms with Crippen molar-refractivity contribution in [2.45, 2.75) is 30.6 Å². The highest BCUT2D eigenvalue weighted by Gasteiger charge is 2.36. The third-order valence-corrected chi connectivity index (χ3v) is 6.96. The normalized spacial score (nSPS) is 25.3. The van der Waals surface area contributed by atoms with Crippen LogP contribution in [0, 0.1) is 24.2 Å². The Morgan fingerprint density at radius 2 is 1.80 bits per heavy atom. The molecule has 2 heterocycles. The maximum absolute atomic E-state index is 12.9. The molecule has 2 fully saturated rings. The third kappa shape index (κ3) is 3.88. The fourth-order valence-corrected chi connectivity index (χ4v) is 5.22. The number of likely N-dealkylation sites (tertiary alicyclic amines) is 1. The van der Waals surface area contributed by atoms with Gasteiger partial charge in [-0.3, -0.25) is 4.79 Å². The molecule has 0 spiro atoms. The lowest BCUT2D eigenvalue weighted by Crippen LogP contribution is -2.49. The predicted molar refractivity (Wildman–Crippen MR) is 96.1 cm³/mol. The standard InChI is InChI=1S/C19H24N2O3S/c1-2-16-8-6-12-20(14-16)19(22)17-9-7-13-21(15-17)25(23,24)18-10-4-3-5-11-18/h1,3-5,10-11,16-17H,6-9,12-15H2/t16-,17-/m0/s1. The van der Waals surface area contributed by atoms with Crippen LogP contribution < -0.4 is 0 Å². The third-order valence-electron chi connectivity index (χ3n) is 5.08. The monoisotopic (exact) mass is 360 g/mol. The second kappa shape index (κ2) is 7.59. The number of amides is 1. The molecule has 0 saturated carbocycles. The number of carbonyl (C=O) groups is 1. The minimum Gasteiger partial charge on any atom is -0.341 e. The minimum atomic E-state index is -3.54. The SMILES string of the molecule is C#C[C@H]1CCCN(C(=O)[C@H]2CCCN(S(=O)(=O)c3ccccc3)C2)C1. The summed E-state index contributed by atoms with van der Waals surface area (Å²) >= 11 is 0. The zero-order chi connectivity index (χ0) is 17.9. The molecular formula is C19H24N2O3S. The van der Waals surface area contributed by atoms with E-state index >= 15 is 0 Å². The number of hydrogen-bond donors (Lipinski definition) is 0. The molecule has 1 amide bonds. The summed E-state index contributed by atoms with van der Waals surface area (Å²) in [6.07, 6.45) is 8.82. The average molecular weight is 360 g/mol. The molecule has 5 nitrogen and oxygen atoms in total. The second-order valence-corrected chi connectivity index (χ2v) is 8.74. The topological polar surface area (TPSA) is 57.7 Å². The van der Waals surface area contributed by atoms with E-state index in [0.717, 1.165) is 25.8 Å². The Balaban J connectivity index is 1.71. The number of sulfonamides is 1. The molecule has 0 unspecified atom stereocenters. The van der Waals surface area contributed by atoms with E-state index in [9.17, 15) is 13.2 Å². The largest absolute Gasteiger partial charge is 0.341 e. The van der Waals surface area contributed by atoms with E-state index in [1.54, 1.807) is 30.3 Å². The van der Waals surface area contributed by atoms with Crippen LogP contribution in [0.25, 0.3) is 0 Å². The van der Waals surface area contributed by atoms with Crippen molar-refractivity contribution in [1.29, 1.82) is 0 Å². The first kappa shape index (κ1) is 18.0. The average Bonchev–Trinajstić information content (AvgIpc) is 2.68. The Morgan fingerprint density at radius 3 is 2.52 bits per heavy atom. The first-order valence-corrected chi connectivity index (χ1v) is 10.3. The summed E-state index contributed by atoms with van der Waals surface area (Å²) in [5.41, 5.74) is 0. The van der Waals surface area contributed by atoms with Crippen LogP contribution in [0.2, 0.25) is 0 Å². The zero-order valence-electron chi connectivity index (χ0n) is 14.3. The van der Waals surface area contributed by atoms with Gasteiger partial charge in [0.2, 0.25) is 15.9 Å². The highest BCUT2D eigenvalue weighted by Crippen LogP contribution is 2.26. The van der Waals surface area contributed by atoms with E-state index in [0.29, 0.717) is 19.5 Å². The molecule has 25 heavy (non-hydrogen) atoms. The summed E-state index contributed by atoms with van der Waals surface area (Å²) in [4.78, 5) is 15.0. The molecule has 2 atom stereocenters. The van der Waals surface area contributed by atoms with Gasteiger partial charge in [-0.2, -0.15) is 4.31 Å². The van der Waals surface area contributed by atoms with Gasteiger partial charge in [0, 0.05) is 32.1 Å². The van der Waals surface area contributed by atoms with Gasteiger partial charge in [-0.25, -0.2) is 8.42 Å². The zero-order valence-corrected chi connectivity index (χ0v) is 15.1. The fourth-order valence-electron chi connectivity index (χ4n) is 3.68. The first-order valence-electron chi connectivity index (χ1n) is 8.82. The Kier molecular flexibility index (Phi) is 5.45. The van der Waals surface area contributed by atoms with Gasteiger partial charge >= 0.3 is 0 Å². The minimum absolute atomic E-state index is 0.0490. The Bertz CT molecular complexity index is 755. The van der Waals surface area contributed by atoms with Crippen LogP contribution in [-0.2, 0) is 14.8 Å². The molecule has 2 saturated heterocycles.